The van der Waals surface area contributed by atoms with Gasteiger partial charge < -0.3 is 24.6 Å². The minimum atomic E-state index is -4.17. The Kier molecular flexibility index (Phi) is 10.3. The van der Waals surface area contributed by atoms with Crippen molar-refractivity contribution < 1.29 is 32.5 Å². The number of nitrogens with one attached hydrogen (secondary N) is 1. The molecule has 0 bridgehead atoms. The SMILES string of the molecule is CC(CCC(=O)NCCC[N+](C)(C)CCCS(=O)(=O)[O-])C1CCC2C3C(O)CC4CCCCC4(C)C3CC(O)C12C. The van der Waals surface area contributed by atoms with Crippen LogP contribution in [0.4, 0.5) is 0 Å². The van der Waals surface area contributed by atoms with Crippen LogP contribution in [0.15, 0.2) is 0 Å². The maximum atomic E-state index is 12.7. The first-order valence-electron chi connectivity index (χ1n) is 16.5. The molecule has 3 N–H and O–H groups in total. The van der Waals surface area contributed by atoms with Crippen LogP contribution in [0, 0.1) is 46.3 Å². The number of quaternary nitrogens is 1. The zero-order valence-corrected chi connectivity index (χ0v) is 27.1. The maximum Gasteiger partial charge on any atom is 0.220 e. The van der Waals surface area contributed by atoms with Gasteiger partial charge in [-0.1, -0.05) is 33.6 Å². The van der Waals surface area contributed by atoms with Gasteiger partial charge in [0.05, 0.1) is 49.5 Å². The summed E-state index contributed by atoms with van der Waals surface area (Å²) in [6.07, 6.45) is 10.7. The Bertz CT molecular complexity index is 1020. The zero-order chi connectivity index (χ0) is 30.2. The van der Waals surface area contributed by atoms with Crippen molar-refractivity contribution >= 4 is 16.0 Å². The van der Waals surface area contributed by atoms with Crippen molar-refractivity contribution in [3.8, 4) is 0 Å². The molecule has 4 aliphatic rings. The van der Waals surface area contributed by atoms with E-state index in [4.69, 9.17) is 0 Å². The molecule has 0 aromatic rings. The van der Waals surface area contributed by atoms with Gasteiger partial charge in [-0.15, -0.1) is 0 Å². The normalized spacial score (nSPS) is 39.9. The van der Waals surface area contributed by atoms with Crippen molar-refractivity contribution in [3.63, 3.8) is 0 Å². The Morgan fingerprint density at radius 2 is 1.76 bits per heavy atom. The van der Waals surface area contributed by atoms with Crippen LogP contribution >= 0.6 is 0 Å². The first kappa shape index (κ1) is 33.2. The minimum absolute atomic E-state index is 0.0579. The molecule has 0 aromatic heterocycles. The summed E-state index contributed by atoms with van der Waals surface area (Å²) in [7, 11) is -0.149. The second-order valence-corrected chi connectivity index (χ2v) is 17.1. The van der Waals surface area contributed by atoms with Gasteiger partial charge in [0.1, 0.15) is 0 Å². The van der Waals surface area contributed by atoms with Crippen LogP contribution < -0.4 is 5.32 Å². The molecule has 238 valence electrons. The molecule has 4 fully saturated rings. The van der Waals surface area contributed by atoms with Gasteiger partial charge in [0.15, 0.2) is 0 Å². The molecule has 10 unspecified atom stereocenters. The Balaban J connectivity index is 1.26. The summed E-state index contributed by atoms with van der Waals surface area (Å²) in [6.45, 7) is 8.99. The molecule has 4 saturated carbocycles. The Labute approximate surface area is 249 Å². The first-order valence-corrected chi connectivity index (χ1v) is 18.0. The van der Waals surface area contributed by atoms with E-state index in [-0.39, 0.29) is 40.6 Å². The van der Waals surface area contributed by atoms with E-state index >= 15 is 0 Å². The van der Waals surface area contributed by atoms with Gasteiger partial charge in [-0.3, -0.25) is 4.79 Å². The topological polar surface area (TPSA) is 127 Å². The fraction of sp³-hybridized carbons (Fsp3) is 0.969. The summed E-state index contributed by atoms with van der Waals surface area (Å²) < 4.78 is 33.1. The summed E-state index contributed by atoms with van der Waals surface area (Å²) in [4.78, 5) is 12.7. The largest absolute Gasteiger partial charge is 0.748 e. The highest BCUT2D eigenvalue weighted by molar-refractivity contribution is 7.85. The Morgan fingerprint density at radius 3 is 2.46 bits per heavy atom. The third kappa shape index (κ3) is 7.16. The lowest BCUT2D eigenvalue weighted by Crippen LogP contribution is -2.61. The fourth-order valence-electron chi connectivity index (χ4n) is 10.4. The molecule has 0 heterocycles. The lowest BCUT2D eigenvalue weighted by molar-refractivity contribution is -0.890. The lowest BCUT2D eigenvalue weighted by atomic mass is 9.43. The number of amides is 1. The second kappa shape index (κ2) is 12.7. The van der Waals surface area contributed by atoms with E-state index < -0.39 is 10.1 Å². The second-order valence-electron chi connectivity index (χ2n) is 15.6. The number of aliphatic hydroxyl groups excluding tert-OH is 2. The molecule has 4 rings (SSSR count). The van der Waals surface area contributed by atoms with Gasteiger partial charge in [0, 0.05) is 31.6 Å². The molecule has 10 atom stereocenters. The number of hydrogen-bond donors (Lipinski definition) is 3. The highest BCUT2D eigenvalue weighted by atomic mass is 32.2. The molecule has 0 aromatic carbocycles. The van der Waals surface area contributed by atoms with E-state index in [0.29, 0.717) is 60.0 Å². The van der Waals surface area contributed by atoms with E-state index in [1.54, 1.807) is 0 Å². The molecule has 41 heavy (non-hydrogen) atoms. The predicted octanol–water partition coefficient (Wildman–Crippen LogP) is 3.91. The summed E-state index contributed by atoms with van der Waals surface area (Å²) in [5.41, 5.74) is 0.0444. The number of nitrogens with zero attached hydrogens (tertiary/aromatic N) is 1. The third-order valence-corrected chi connectivity index (χ3v) is 13.5. The van der Waals surface area contributed by atoms with Crippen molar-refractivity contribution in [3.05, 3.63) is 0 Å². The van der Waals surface area contributed by atoms with Gasteiger partial charge in [-0.25, -0.2) is 8.42 Å². The molecule has 0 aliphatic heterocycles. The van der Waals surface area contributed by atoms with Crippen molar-refractivity contribution in [1.82, 2.24) is 5.32 Å². The van der Waals surface area contributed by atoms with E-state index in [9.17, 15) is 28.0 Å². The molecular weight excluding hydrogens is 540 g/mol. The summed E-state index contributed by atoms with van der Waals surface area (Å²) >= 11 is 0. The quantitative estimate of drug-likeness (QED) is 0.178. The lowest BCUT2D eigenvalue weighted by Gasteiger charge is -2.63. The monoisotopic (exact) mass is 598 g/mol. The summed E-state index contributed by atoms with van der Waals surface area (Å²) in [5.74, 6) is 2.05. The zero-order valence-electron chi connectivity index (χ0n) is 26.3. The Hall–Kier alpha value is -0.740. The average Bonchev–Trinajstić information content (AvgIpc) is 3.23. The maximum absolute atomic E-state index is 12.7. The van der Waals surface area contributed by atoms with Crippen LogP contribution in [-0.2, 0) is 14.9 Å². The molecule has 4 aliphatic carbocycles. The van der Waals surface area contributed by atoms with Crippen molar-refractivity contribution in [1.29, 1.82) is 0 Å². The fourth-order valence-corrected chi connectivity index (χ4v) is 10.8. The third-order valence-electron chi connectivity index (χ3n) is 12.7. The molecule has 0 saturated heterocycles. The van der Waals surface area contributed by atoms with Crippen molar-refractivity contribution in [2.75, 3.05) is 39.5 Å². The standard InChI is InChI=1S/C32H58N2O6S/c1-22(11-14-29(37)33-16-8-17-34(4,5)18-9-19-41(38,39)40)24-12-13-25-30-26(21-28(36)32(24,25)3)31(2)15-7-6-10-23(31)20-27(30)35/h22-28,30,35-36H,6-21H2,1-5H3,(H-,33,37,38,39,40). The number of hydrogen-bond acceptors (Lipinski definition) is 6. The van der Waals surface area contributed by atoms with Crippen LogP contribution in [0.1, 0.15) is 97.8 Å². The van der Waals surface area contributed by atoms with Crippen molar-refractivity contribution in [2.24, 2.45) is 46.3 Å². The van der Waals surface area contributed by atoms with Crippen LogP contribution in [0.2, 0.25) is 0 Å². The molecule has 0 radical (unpaired) electrons. The van der Waals surface area contributed by atoms with Crippen molar-refractivity contribution in [2.45, 2.75) is 110 Å². The predicted molar refractivity (Wildman–Crippen MR) is 160 cm³/mol. The summed E-state index contributed by atoms with van der Waals surface area (Å²) in [5, 5.41) is 26.3. The molecule has 9 heteroatoms. The number of carbonyl (C=O) groups excluding carboxylic acids is 1. The van der Waals surface area contributed by atoms with E-state index in [1.165, 1.54) is 25.7 Å². The highest BCUT2D eigenvalue weighted by Crippen LogP contribution is 2.68. The van der Waals surface area contributed by atoms with Gasteiger partial charge in [0.2, 0.25) is 5.91 Å². The minimum Gasteiger partial charge on any atom is -0.748 e. The number of carbonyl (C=O) groups is 1. The first-order chi connectivity index (χ1) is 19.1. The van der Waals surface area contributed by atoms with E-state index in [2.05, 4.69) is 26.1 Å². The highest BCUT2D eigenvalue weighted by Gasteiger charge is 2.65. The van der Waals surface area contributed by atoms with E-state index in [1.807, 2.05) is 14.1 Å². The molecular formula is C32H58N2O6S. The van der Waals surface area contributed by atoms with Crippen LogP contribution in [-0.4, -0.2) is 85.3 Å². The number of aliphatic hydroxyl groups is 2. The van der Waals surface area contributed by atoms with E-state index in [0.717, 1.165) is 45.1 Å². The average molecular weight is 599 g/mol. The van der Waals surface area contributed by atoms with Crippen LogP contribution in [0.5, 0.6) is 0 Å². The number of rotatable bonds is 12. The molecule has 8 nitrogen and oxygen atoms in total. The molecule has 0 spiro atoms. The molecule has 1 amide bonds. The van der Waals surface area contributed by atoms with Crippen LogP contribution in [0.3, 0.4) is 0 Å². The van der Waals surface area contributed by atoms with Gasteiger partial charge >= 0.3 is 0 Å². The number of fused-ring (bicyclic) bond motifs is 5. The Morgan fingerprint density at radius 1 is 1.05 bits per heavy atom. The van der Waals surface area contributed by atoms with Crippen LogP contribution in [0.25, 0.3) is 0 Å². The van der Waals surface area contributed by atoms with Gasteiger partial charge in [-0.05, 0) is 91.3 Å². The smallest absolute Gasteiger partial charge is 0.220 e. The van der Waals surface area contributed by atoms with Gasteiger partial charge in [0.25, 0.3) is 0 Å². The summed E-state index contributed by atoms with van der Waals surface area (Å²) in [6, 6.07) is 0. The van der Waals surface area contributed by atoms with Gasteiger partial charge in [-0.2, -0.15) is 0 Å².